The Hall–Kier alpha value is -2.70. The lowest BCUT2D eigenvalue weighted by molar-refractivity contribution is -0.139. The minimum absolute atomic E-state index is 0.101. The Morgan fingerprint density at radius 3 is 2.44 bits per heavy atom. The highest BCUT2D eigenvalue weighted by Gasteiger charge is 2.59. The fraction of sp³-hybridized carbons (Fsp3) is 0.389. The Bertz CT molecular complexity index is 822. The van der Waals surface area contributed by atoms with Crippen LogP contribution < -0.4 is 0 Å². The number of halogens is 1. The Kier molecular flexibility index (Phi) is 3.59. The van der Waals surface area contributed by atoms with E-state index in [-0.39, 0.29) is 23.1 Å². The summed E-state index contributed by atoms with van der Waals surface area (Å²) in [5.41, 5.74) is 0.919. The van der Waals surface area contributed by atoms with Crippen molar-refractivity contribution in [1.82, 2.24) is 14.7 Å². The second-order valence-corrected chi connectivity index (χ2v) is 6.87. The maximum Gasteiger partial charge on any atom is 0.307 e. The zero-order valence-corrected chi connectivity index (χ0v) is 13.6. The van der Waals surface area contributed by atoms with Crippen molar-refractivity contribution in [2.75, 3.05) is 13.1 Å². The van der Waals surface area contributed by atoms with Crippen LogP contribution in [0, 0.1) is 17.2 Å². The fourth-order valence-corrected chi connectivity index (χ4v) is 3.74. The van der Waals surface area contributed by atoms with Crippen molar-refractivity contribution in [2.45, 2.75) is 19.3 Å². The van der Waals surface area contributed by atoms with Crippen molar-refractivity contribution in [3.05, 3.63) is 48.0 Å². The van der Waals surface area contributed by atoms with Crippen LogP contribution >= 0.6 is 0 Å². The van der Waals surface area contributed by atoms with Crippen LogP contribution in [0.15, 0.2) is 36.5 Å². The summed E-state index contributed by atoms with van der Waals surface area (Å²) in [6.45, 7) is 1.12. The van der Waals surface area contributed by atoms with E-state index in [1.54, 1.807) is 34.0 Å². The molecular weight excluding hydrogens is 325 g/mol. The predicted molar refractivity (Wildman–Crippen MR) is 86.8 cm³/mol. The van der Waals surface area contributed by atoms with E-state index >= 15 is 0 Å². The maximum absolute atomic E-state index is 13.0. The summed E-state index contributed by atoms with van der Waals surface area (Å²) >= 11 is 0. The largest absolute Gasteiger partial charge is 0.481 e. The van der Waals surface area contributed by atoms with Crippen LogP contribution in [0.5, 0.6) is 0 Å². The van der Waals surface area contributed by atoms with E-state index in [0.717, 1.165) is 19.3 Å². The van der Waals surface area contributed by atoms with E-state index in [4.69, 9.17) is 5.11 Å². The summed E-state index contributed by atoms with van der Waals surface area (Å²) in [7, 11) is 0. The van der Waals surface area contributed by atoms with Gasteiger partial charge in [0.25, 0.3) is 5.91 Å². The molecule has 2 heterocycles. The van der Waals surface area contributed by atoms with Crippen molar-refractivity contribution in [3.63, 3.8) is 0 Å². The number of benzene rings is 1. The third-order valence-corrected chi connectivity index (χ3v) is 5.43. The molecule has 2 fully saturated rings. The number of nitrogens with zero attached hydrogens (tertiary/aromatic N) is 3. The molecule has 1 atom stereocenters. The number of amides is 1. The number of carbonyl (C=O) groups is 2. The molecular formula is C18H18FN3O3. The summed E-state index contributed by atoms with van der Waals surface area (Å²) < 4.78 is 14.5. The first kappa shape index (κ1) is 15.8. The molecule has 130 valence electrons. The molecule has 4 rings (SSSR count). The quantitative estimate of drug-likeness (QED) is 0.928. The molecule has 1 N–H and O–H groups in total. The predicted octanol–water partition coefficient (Wildman–Crippen LogP) is 2.34. The van der Waals surface area contributed by atoms with Gasteiger partial charge in [0.2, 0.25) is 0 Å². The van der Waals surface area contributed by atoms with Gasteiger partial charge in [0.15, 0.2) is 5.69 Å². The molecule has 7 heteroatoms. The highest BCUT2D eigenvalue weighted by atomic mass is 19.1. The SMILES string of the molecule is O=C(O)C1CC12CCN(C(=O)c1ccn(-c3ccc(F)cc3)n1)CC2. The molecule has 0 radical (unpaired) electrons. The van der Waals surface area contributed by atoms with Gasteiger partial charge in [0, 0.05) is 19.3 Å². The van der Waals surface area contributed by atoms with Gasteiger partial charge < -0.3 is 10.0 Å². The van der Waals surface area contributed by atoms with Gasteiger partial charge in [0.05, 0.1) is 11.6 Å². The molecule has 1 unspecified atom stereocenters. The Morgan fingerprint density at radius 2 is 1.84 bits per heavy atom. The number of carboxylic acid groups (broad SMARTS) is 1. The monoisotopic (exact) mass is 343 g/mol. The van der Waals surface area contributed by atoms with Crippen LogP contribution in [0.4, 0.5) is 4.39 Å². The first-order chi connectivity index (χ1) is 12.0. The molecule has 25 heavy (non-hydrogen) atoms. The van der Waals surface area contributed by atoms with Crippen molar-refractivity contribution < 1.29 is 19.1 Å². The number of aromatic nitrogens is 2. The number of carboxylic acids is 1. The molecule has 1 aliphatic heterocycles. The van der Waals surface area contributed by atoms with Crippen molar-refractivity contribution in [3.8, 4) is 5.69 Å². The van der Waals surface area contributed by atoms with Crippen molar-refractivity contribution in [1.29, 1.82) is 0 Å². The van der Waals surface area contributed by atoms with Gasteiger partial charge in [-0.25, -0.2) is 9.07 Å². The summed E-state index contributed by atoms with van der Waals surface area (Å²) in [5.74, 6) is -1.45. The Morgan fingerprint density at radius 1 is 1.16 bits per heavy atom. The molecule has 1 aliphatic carbocycles. The third kappa shape index (κ3) is 2.79. The Balaban J connectivity index is 1.42. The summed E-state index contributed by atoms with van der Waals surface area (Å²) in [6, 6.07) is 7.53. The normalized spacial score (nSPS) is 21.3. The number of rotatable bonds is 3. The average molecular weight is 343 g/mol. The minimum atomic E-state index is -0.724. The van der Waals surface area contributed by atoms with Gasteiger partial charge in [-0.15, -0.1) is 0 Å². The first-order valence-corrected chi connectivity index (χ1v) is 8.32. The van der Waals surface area contributed by atoms with Gasteiger partial charge in [-0.1, -0.05) is 0 Å². The average Bonchev–Trinajstić information content (AvgIpc) is 3.09. The van der Waals surface area contributed by atoms with E-state index in [9.17, 15) is 14.0 Å². The van der Waals surface area contributed by atoms with E-state index in [0.29, 0.717) is 24.5 Å². The number of hydrogen-bond acceptors (Lipinski definition) is 3. The summed E-state index contributed by atoms with van der Waals surface area (Å²) in [6.07, 6.45) is 3.86. The maximum atomic E-state index is 13.0. The van der Waals surface area contributed by atoms with E-state index in [2.05, 4.69) is 5.10 Å². The molecule has 2 aromatic rings. The number of piperidine rings is 1. The van der Waals surface area contributed by atoms with Crippen LogP contribution in [0.2, 0.25) is 0 Å². The zero-order valence-electron chi connectivity index (χ0n) is 13.6. The lowest BCUT2D eigenvalue weighted by atomic mass is 9.90. The highest BCUT2D eigenvalue weighted by molar-refractivity contribution is 5.92. The number of aliphatic carboxylic acids is 1. The van der Waals surface area contributed by atoms with Crippen LogP contribution in [-0.4, -0.2) is 44.8 Å². The molecule has 1 saturated carbocycles. The number of hydrogen-bond donors (Lipinski definition) is 1. The van der Waals surface area contributed by atoms with E-state index in [1.165, 1.54) is 12.1 Å². The third-order valence-electron chi connectivity index (χ3n) is 5.43. The van der Waals surface area contributed by atoms with Crippen LogP contribution in [0.25, 0.3) is 5.69 Å². The van der Waals surface area contributed by atoms with Gasteiger partial charge in [0.1, 0.15) is 5.82 Å². The minimum Gasteiger partial charge on any atom is -0.481 e. The lowest BCUT2D eigenvalue weighted by Crippen LogP contribution is -2.40. The van der Waals surface area contributed by atoms with Gasteiger partial charge in [-0.05, 0) is 55.0 Å². The van der Waals surface area contributed by atoms with Crippen LogP contribution in [0.3, 0.4) is 0 Å². The molecule has 1 aromatic heterocycles. The second-order valence-electron chi connectivity index (χ2n) is 6.87. The fourth-order valence-electron chi connectivity index (χ4n) is 3.74. The van der Waals surface area contributed by atoms with Crippen LogP contribution in [-0.2, 0) is 4.79 Å². The van der Waals surface area contributed by atoms with Crippen LogP contribution in [0.1, 0.15) is 29.8 Å². The molecule has 0 bridgehead atoms. The lowest BCUT2D eigenvalue weighted by Gasteiger charge is -2.32. The molecule has 1 spiro atoms. The number of carbonyl (C=O) groups excluding carboxylic acids is 1. The Labute approximate surface area is 143 Å². The molecule has 1 aromatic carbocycles. The molecule has 1 saturated heterocycles. The zero-order chi connectivity index (χ0) is 17.6. The van der Waals surface area contributed by atoms with Gasteiger partial charge in [-0.3, -0.25) is 9.59 Å². The van der Waals surface area contributed by atoms with Crippen molar-refractivity contribution in [2.24, 2.45) is 11.3 Å². The van der Waals surface area contributed by atoms with E-state index in [1.807, 2.05) is 0 Å². The topological polar surface area (TPSA) is 75.4 Å². The molecule has 6 nitrogen and oxygen atoms in total. The van der Waals surface area contributed by atoms with Gasteiger partial charge in [-0.2, -0.15) is 5.10 Å². The standard InChI is InChI=1S/C18H18FN3O3/c19-12-1-3-13(4-2-12)22-8-5-15(20-22)16(23)21-9-6-18(7-10-21)11-14(18)17(24)25/h1-5,8,14H,6-7,9-11H2,(H,24,25). The summed E-state index contributed by atoms with van der Waals surface area (Å²) in [5, 5.41) is 13.4. The smallest absolute Gasteiger partial charge is 0.307 e. The molecule has 1 amide bonds. The summed E-state index contributed by atoms with van der Waals surface area (Å²) in [4.78, 5) is 25.5. The highest BCUT2D eigenvalue weighted by Crippen LogP contribution is 2.59. The second kappa shape index (κ2) is 5.68. The molecule has 2 aliphatic rings. The number of likely N-dealkylation sites (tertiary alicyclic amines) is 1. The van der Waals surface area contributed by atoms with Crippen molar-refractivity contribution >= 4 is 11.9 Å². The van der Waals surface area contributed by atoms with Gasteiger partial charge >= 0.3 is 5.97 Å². The first-order valence-electron chi connectivity index (χ1n) is 8.32. The van der Waals surface area contributed by atoms with E-state index < -0.39 is 5.97 Å².